The van der Waals surface area contributed by atoms with Gasteiger partial charge in [0.2, 0.25) is 65.0 Å². The van der Waals surface area contributed by atoms with Gasteiger partial charge in [-0.1, -0.05) is 45.9 Å². The van der Waals surface area contributed by atoms with Crippen LogP contribution in [0.1, 0.15) is 78.0 Å². The molecular formula is C50H73N15O14S. The van der Waals surface area contributed by atoms with Crippen molar-refractivity contribution in [3.63, 3.8) is 0 Å². The van der Waals surface area contributed by atoms with Crippen LogP contribution in [-0.4, -0.2) is 180 Å². The Bertz CT molecular complexity index is 2720. The van der Waals surface area contributed by atoms with Gasteiger partial charge < -0.3 is 84.8 Å². The van der Waals surface area contributed by atoms with Crippen molar-refractivity contribution in [1.29, 1.82) is 0 Å². The number of para-hydroxylation sites is 1. The fourth-order valence-electron chi connectivity index (χ4n) is 8.66. The Morgan fingerprint density at radius 3 is 1.94 bits per heavy atom. The number of benzene rings is 1. The number of aromatic nitrogens is 3. The van der Waals surface area contributed by atoms with Crippen LogP contribution in [0.15, 0.2) is 43.0 Å². The third-order valence-corrected chi connectivity index (χ3v) is 13.4. The zero-order valence-electron chi connectivity index (χ0n) is 44.9. The number of carboxylic acids is 1. The first kappa shape index (κ1) is 64.4. The van der Waals surface area contributed by atoms with Crippen LogP contribution in [0.3, 0.4) is 0 Å². The summed E-state index contributed by atoms with van der Waals surface area (Å²) in [5, 5.41) is 40.9. The Balaban J connectivity index is 1.41. The van der Waals surface area contributed by atoms with Gasteiger partial charge in [0.05, 0.1) is 31.4 Å². The van der Waals surface area contributed by atoms with Crippen molar-refractivity contribution in [3.8, 4) is 0 Å². The lowest BCUT2D eigenvalue weighted by Crippen LogP contribution is -2.62. The topological polar surface area (TPSA) is 467 Å². The molecule has 80 heavy (non-hydrogen) atoms. The number of aliphatic carboxylic acids is 1. The van der Waals surface area contributed by atoms with Crippen molar-refractivity contribution in [2.24, 2.45) is 29.0 Å². The molecule has 0 saturated carbocycles. The normalized spacial score (nSPS) is 16.6. The van der Waals surface area contributed by atoms with E-state index in [0.29, 0.717) is 11.3 Å². The molecule has 18 N–H and O–H groups in total. The predicted octanol–water partition coefficient (Wildman–Crippen LogP) is -4.65. The van der Waals surface area contributed by atoms with E-state index in [1.165, 1.54) is 33.3 Å². The van der Waals surface area contributed by atoms with Gasteiger partial charge in [-0.2, -0.15) is 12.6 Å². The number of hydrogen-bond acceptors (Lipinski definition) is 16. The van der Waals surface area contributed by atoms with E-state index in [4.69, 9.17) is 17.2 Å². The Labute approximate surface area is 465 Å². The third-order valence-electron chi connectivity index (χ3n) is 13.0. The molecular weight excluding hydrogens is 1070 g/mol. The molecule has 0 radical (unpaired) electrons. The Morgan fingerprint density at radius 2 is 1.34 bits per heavy atom. The Hall–Kier alpha value is -8.12. The number of hydrogen-bond donors (Lipinski definition) is 16. The largest absolute Gasteiger partial charge is 0.480 e. The number of imidazole rings is 1. The van der Waals surface area contributed by atoms with Gasteiger partial charge in [-0.3, -0.25) is 52.7 Å². The zero-order valence-corrected chi connectivity index (χ0v) is 45.8. The number of amides is 11. The number of nitrogens with two attached hydrogens (primary N) is 3. The van der Waals surface area contributed by atoms with Crippen LogP contribution in [-0.2, 0) is 70.4 Å². The number of fused-ring (bicyclic) bond motifs is 1. The molecule has 2 aromatic heterocycles. The number of carboxylic acid groups (broad SMARTS) is 1. The minimum absolute atomic E-state index is 0.0506. The minimum atomic E-state index is -1.70. The van der Waals surface area contributed by atoms with E-state index in [9.17, 15) is 67.7 Å². The highest BCUT2D eigenvalue weighted by Gasteiger charge is 2.42. The van der Waals surface area contributed by atoms with Gasteiger partial charge in [0, 0.05) is 60.6 Å². The van der Waals surface area contributed by atoms with Gasteiger partial charge in [0.1, 0.15) is 48.3 Å². The summed E-state index contributed by atoms with van der Waals surface area (Å²) in [6.07, 6.45) is 1.65. The van der Waals surface area contributed by atoms with E-state index in [1.807, 2.05) is 0 Å². The molecule has 1 aromatic carbocycles. The molecule has 30 heteroatoms. The van der Waals surface area contributed by atoms with Gasteiger partial charge >= 0.3 is 5.97 Å². The number of carbonyl (C=O) groups is 12. The first-order valence-corrected chi connectivity index (χ1v) is 26.4. The summed E-state index contributed by atoms with van der Waals surface area (Å²) < 4.78 is 0. The number of aromatic amines is 2. The first-order chi connectivity index (χ1) is 37.7. The molecule has 11 amide bonds. The van der Waals surface area contributed by atoms with Crippen LogP contribution < -0.4 is 59.7 Å². The summed E-state index contributed by atoms with van der Waals surface area (Å²) in [5.74, 6) is -13.0. The molecule has 0 unspecified atom stereocenters. The fraction of sp³-hybridized carbons (Fsp3) is 0.540. The first-order valence-electron chi connectivity index (χ1n) is 25.8. The molecule has 0 spiro atoms. The third kappa shape index (κ3) is 18.8. The SMILES string of the molecule is CC(C)[C@H](NC(=O)[C@H](CCC(N)=O)NC(=O)CNC(=O)[C@H](CS)NC(=O)[C@@H](N)Cc1cnc[nH]1)C(=O)N[C@@H](CC(N)=O)C(=O)N1CCC[C@H]1C(=O)N[C@H](C(=O)N[C@H](C(=O)N[C@@H](Cc1c[nH]c2ccccc12)C(=O)O)[C@@H](C)O)C(C)C. The molecule has 10 atom stereocenters. The van der Waals surface area contributed by atoms with Gasteiger partial charge in [0.15, 0.2) is 0 Å². The highest BCUT2D eigenvalue weighted by molar-refractivity contribution is 7.80. The smallest absolute Gasteiger partial charge is 0.326 e. The number of carbonyl (C=O) groups excluding carboxylic acids is 11. The average Bonchev–Trinajstić information content (AvgIpc) is 4.20. The molecule has 438 valence electrons. The Morgan fingerprint density at radius 1 is 0.725 bits per heavy atom. The predicted molar refractivity (Wildman–Crippen MR) is 289 cm³/mol. The van der Waals surface area contributed by atoms with Crippen molar-refractivity contribution in [2.75, 3.05) is 18.8 Å². The molecule has 1 aliphatic rings. The summed E-state index contributed by atoms with van der Waals surface area (Å²) in [4.78, 5) is 170. The summed E-state index contributed by atoms with van der Waals surface area (Å²) >= 11 is 4.11. The van der Waals surface area contributed by atoms with Crippen LogP contribution in [0.25, 0.3) is 10.9 Å². The summed E-state index contributed by atoms with van der Waals surface area (Å²) in [6.45, 7) is 6.63. The number of H-pyrrole nitrogens is 2. The molecule has 3 aromatic rings. The average molecular weight is 1140 g/mol. The lowest BCUT2D eigenvalue weighted by Gasteiger charge is -2.32. The number of likely N-dealkylation sites (tertiary alicyclic amines) is 1. The van der Waals surface area contributed by atoms with Crippen LogP contribution in [0.2, 0.25) is 0 Å². The van der Waals surface area contributed by atoms with E-state index < -0.39 is 163 Å². The van der Waals surface area contributed by atoms with Gasteiger partial charge in [-0.05, 0) is 49.7 Å². The molecule has 1 fully saturated rings. The number of aliphatic hydroxyl groups excluding tert-OH is 1. The van der Waals surface area contributed by atoms with Gasteiger partial charge in [-0.15, -0.1) is 0 Å². The van der Waals surface area contributed by atoms with E-state index in [0.717, 1.165) is 15.8 Å². The highest BCUT2D eigenvalue weighted by Crippen LogP contribution is 2.22. The van der Waals surface area contributed by atoms with Crippen LogP contribution in [0.5, 0.6) is 0 Å². The van der Waals surface area contributed by atoms with Crippen LogP contribution >= 0.6 is 12.6 Å². The van der Waals surface area contributed by atoms with E-state index in [1.54, 1.807) is 44.3 Å². The molecule has 1 aliphatic heterocycles. The molecule has 3 heterocycles. The molecule has 29 nitrogen and oxygen atoms in total. The number of rotatable bonds is 31. The van der Waals surface area contributed by atoms with Crippen molar-refractivity contribution in [3.05, 3.63) is 54.2 Å². The maximum Gasteiger partial charge on any atom is 0.326 e. The quantitative estimate of drug-likeness (QED) is 0.0269. The second kappa shape index (κ2) is 30.3. The summed E-state index contributed by atoms with van der Waals surface area (Å²) in [6, 6.07) is -5.65. The number of primary amides is 2. The van der Waals surface area contributed by atoms with Crippen molar-refractivity contribution in [1.82, 2.24) is 62.4 Å². The minimum Gasteiger partial charge on any atom is -0.480 e. The summed E-state index contributed by atoms with van der Waals surface area (Å²) in [5.41, 5.74) is 18.7. The Kier molecular flexibility index (Phi) is 24.4. The molecule has 1 saturated heterocycles. The standard InChI is InChI=1S/C50H73N15O14S/c1-23(2)39(62-44(72)31(12-13-36(52)67)58-38(69)20-56-43(71)34(21-80)61-42(70)29(51)16-27-19-54-22-57-27)46(74)59-32(17-37(53)68)49(77)65-14-8-11-35(65)45(73)63-40(24(3)4)47(75)64-41(25(5)66)48(76)60-33(50(78)79)15-26-18-55-30-10-7-6-9-28(26)30/h6-7,9-10,18-19,22-25,29,31-35,39-41,55,66,80H,8,11-17,20-21,51H2,1-5H3,(H2,52,67)(H2,53,68)(H,54,57)(H,56,71)(H,58,69)(H,59,74)(H,60,76)(H,61,70)(H,62,72)(H,63,73)(H,64,75)(H,78,79)/t25-,29+,31+,32+,33+,34+,35+,39+,40+,41+/m1/s1. The second-order valence-corrected chi connectivity index (χ2v) is 20.4. The number of nitrogens with zero attached hydrogens (tertiary/aromatic N) is 2. The highest BCUT2D eigenvalue weighted by atomic mass is 32.1. The lowest BCUT2D eigenvalue weighted by atomic mass is 10.0. The monoisotopic (exact) mass is 1140 g/mol. The maximum absolute atomic E-state index is 14.3. The van der Waals surface area contributed by atoms with Crippen LogP contribution in [0, 0.1) is 11.8 Å². The molecule has 0 bridgehead atoms. The van der Waals surface area contributed by atoms with E-state index in [-0.39, 0.29) is 44.4 Å². The van der Waals surface area contributed by atoms with Crippen LogP contribution in [0.4, 0.5) is 0 Å². The number of aliphatic hydroxyl groups is 1. The van der Waals surface area contributed by atoms with E-state index in [2.05, 4.69) is 70.1 Å². The van der Waals surface area contributed by atoms with Crippen molar-refractivity contribution < 1.29 is 67.7 Å². The van der Waals surface area contributed by atoms with E-state index >= 15 is 0 Å². The zero-order chi connectivity index (χ0) is 59.5. The number of thiol groups is 1. The second-order valence-electron chi connectivity index (χ2n) is 20.0. The molecule has 0 aliphatic carbocycles. The lowest BCUT2D eigenvalue weighted by molar-refractivity contribution is -0.144. The maximum atomic E-state index is 14.3. The molecule has 4 rings (SSSR count). The van der Waals surface area contributed by atoms with Crippen molar-refractivity contribution >= 4 is 94.5 Å². The van der Waals surface area contributed by atoms with Gasteiger partial charge in [0.25, 0.3) is 0 Å². The fourth-order valence-corrected chi connectivity index (χ4v) is 8.92. The van der Waals surface area contributed by atoms with Gasteiger partial charge in [-0.25, -0.2) is 9.78 Å². The summed E-state index contributed by atoms with van der Waals surface area (Å²) in [7, 11) is 0. The number of nitrogens with one attached hydrogen (secondary N) is 10. The van der Waals surface area contributed by atoms with Crippen molar-refractivity contribution in [2.45, 2.75) is 140 Å².